The number of anilines is 1. The SMILES string of the molecule is CCc1ccc(NC(=O)C(=O)NCC(CCSC)OC)cc1. The third-order valence-electron chi connectivity index (χ3n) is 3.29. The van der Waals surface area contributed by atoms with E-state index >= 15 is 0 Å². The highest BCUT2D eigenvalue weighted by Gasteiger charge is 2.15. The summed E-state index contributed by atoms with van der Waals surface area (Å²) in [7, 11) is 1.60. The van der Waals surface area contributed by atoms with Gasteiger partial charge in [0.25, 0.3) is 0 Å². The zero-order valence-corrected chi connectivity index (χ0v) is 14.2. The molecule has 0 heterocycles. The van der Waals surface area contributed by atoms with Gasteiger partial charge in [-0.2, -0.15) is 11.8 Å². The second-order valence-electron chi connectivity index (χ2n) is 4.85. The Morgan fingerprint density at radius 3 is 2.45 bits per heavy atom. The van der Waals surface area contributed by atoms with Gasteiger partial charge in [-0.3, -0.25) is 9.59 Å². The smallest absolute Gasteiger partial charge is 0.313 e. The summed E-state index contributed by atoms with van der Waals surface area (Å²) in [6, 6.07) is 7.44. The van der Waals surface area contributed by atoms with Crippen molar-refractivity contribution in [3.63, 3.8) is 0 Å². The zero-order valence-electron chi connectivity index (χ0n) is 13.3. The van der Waals surface area contributed by atoms with Gasteiger partial charge in [0.15, 0.2) is 0 Å². The second-order valence-corrected chi connectivity index (χ2v) is 5.84. The van der Waals surface area contributed by atoms with Crippen molar-refractivity contribution in [1.82, 2.24) is 5.32 Å². The highest BCUT2D eigenvalue weighted by molar-refractivity contribution is 7.98. The van der Waals surface area contributed by atoms with Crippen LogP contribution in [0, 0.1) is 0 Å². The molecule has 1 rings (SSSR count). The topological polar surface area (TPSA) is 67.4 Å². The summed E-state index contributed by atoms with van der Waals surface area (Å²) in [5.74, 6) is -0.362. The van der Waals surface area contributed by atoms with E-state index in [1.54, 1.807) is 31.0 Å². The number of benzene rings is 1. The van der Waals surface area contributed by atoms with Gasteiger partial charge in [0, 0.05) is 19.3 Å². The fraction of sp³-hybridized carbons (Fsp3) is 0.500. The molecule has 2 amide bonds. The lowest BCUT2D eigenvalue weighted by Crippen LogP contribution is -2.40. The number of methoxy groups -OCH3 is 1. The second kappa shape index (κ2) is 10.2. The lowest BCUT2D eigenvalue weighted by atomic mass is 10.1. The highest BCUT2D eigenvalue weighted by Crippen LogP contribution is 2.09. The number of carbonyl (C=O) groups is 2. The Kier molecular flexibility index (Phi) is 8.62. The quantitative estimate of drug-likeness (QED) is 0.719. The molecule has 0 aliphatic rings. The molecule has 0 fully saturated rings. The van der Waals surface area contributed by atoms with E-state index in [2.05, 4.69) is 17.6 Å². The van der Waals surface area contributed by atoms with Crippen LogP contribution in [0.3, 0.4) is 0 Å². The Morgan fingerprint density at radius 2 is 1.91 bits per heavy atom. The Bertz CT molecular complexity index is 477. The van der Waals surface area contributed by atoms with Gasteiger partial charge in [-0.1, -0.05) is 19.1 Å². The monoisotopic (exact) mass is 324 g/mol. The first-order chi connectivity index (χ1) is 10.6. The number of nitrogens with one attached hydrogen (secondary N) is 2. The van der Waals surface area contributed by atoms with Crippen molar-refractivity contribution in [2.24, 2.45) is 0 Å². The van der Waals surface area contributed by atoms with Gasteiger partial charge >= 0.3 is 11.8 Å². The average molecular weight is 324 g/mol. The summed E-state index contributed by atoms with van der Waals surface area (Å²) in [5, 5.41) is 5.18. The number of thioether (sulfide) groups is 1. The fourth-order valence-corrected chi connectivity index (χ4v) is 2.35. The van der Waals surface area contributed by atoms with Gasteiger partial charge in [0.05, 0.1) is 6.10 Å². The number of ether oxygens (including phenoxy) is 1. The van der Waals surface area contributed by atoms with E-state index in [1.165, 1.54) is 5.56 Å². The summed E-state index contributed by atoms with van der Waals surface area (Å²) in [5.41, 5.74) is 1.79. The van der Waals surface area contributed by atoms with E-state index in [4.69, 9.17) is 4.74 Å². The van der Waals surface area contributed by atoms with E-state index in [1.807, 2.05) is 18.4 Å². The van der Waals surface area contributed by atoms with Crippen LogP contribution in [0.15, 0.2) is 24.3 Å². The highest BCUT2D eigenvalue weighted by atomic mass is 32.2. The van der Waals surface area contributed by atoms with Gasteiger partial charge in [-0.25, -0.2) is 0 Å². The molecule has 0 aromatic heterocycles. The van der Waals surface area contributed by atoms with E-state index in [0.717, 1.165) is 18.6 Å². The number of hydrogen-bond donors (Lipinski definition) is 2. The molecule has 1 unspecified atom stereocenters. The molecule has 6 heteroatoms. The standard InChI is InChI=1S/C16H24N2O3S/c1-4-12-5-7-13(8-6-12)18-16(20)15(19)17-11-14(21-2)9-10-22-3/h5-8,14H,4,9-11H2,1-3H3,(H,17,19)(H,18,20). The lowest BCUT2D eigenvalue weighted by molar-refractivity contribution is -0.136. The van der Waals surface area contributed by atoms with Gasteiger partial charge in [0.2, 0.25) is 0 Å². The molecule has 2 N–H and O–H groups in total. The summed E-state index contributed by atoms with van der Waals surface area (Å²) in [4.78, 5) is 23.6. The van der Waals surface area contributed by atoms with Crippen molar-refractivity contribution in [1.29, 1.82) is 0 Å². The molecular weight excluding hydrogens is 300 g/mol. The van der Waals surface area contributed by atoms with Crippen molar-refractivity contribution < 1.29 is 14.3 Å². The maximum Gasteiger partial charge on any atom is 0.313 e. The van der Waals surface area contributed by atoms with Gasteiger partial charge < -0.3 is 15.4 Å². The van der Waals surface area contributed by atoms with Crippen LogP contribution in [0.1, 0.15) is 18.9 Å². The van der Waals surface area contributed by atoms with Crippen LogP contribution in [0.25, 0.3) is 0 Å². The van der Waals surface area contributed by atoms with E-state index in [0.29, 0.717) is 12.2 Å². The van der Waals surface area contributed by atoms with Gasteiger partial charge in [-0.15, -0.1) is 0 Å². The minimum atomic E-state index is -0.663. The Morgan fingerprint density at radius 1 is 1.23 bits per heavy atom. The zero-order chi connectivity index (χ0) is 16.4. The molecule has 1 aromatic rings. The van der Waals surface area contributed by atoms with E-state index in [-0.39, 0.29) is 6.10 Å². The largest absolute Gasteiger partial charge is 0.380 e. The molecule has 0 saturated carbocycles. The summed E-state index contributed by atoms with van der Waals surface area (Å²) < 4.78 is 5.27. The molecule has 1 atom stereocenters. The first kappa shape index (κ1) is 18.5. The summed E-state index contributed by atoms with van der Waals surface area (Å²) in [6.45, 7) is 2.39. The van der Waals surface area contributed by atoms with Crippen LogP contribution in [0.4, 0.5) is 5.69 Å². The first-order valence-corrected chi connectivity index (χ1v) is 8.70. The number of aryl methyl sites for hydroxylation is 1. The molecule has 0 aliphatic carbocycles. The predicted molar refractivity (Wildman–Crippen MR) is 91.3 cm³/mol. The maximum absolute atomic E-state index is 11.8. The average Bonchev–Trinajstić information content (AvgIpc) is 2.55. The molecule has 1 aromatic carbocycles. The number of hydrogen-bond acceptors (Lipinski definition) is 4. The number of carbonyl (C=O) groups excluding carboxylic acids is 2. The Labute approximate surface area is 136 Å². The number of amides is 2. The van der Waals surface area contributed by atoms with Crippen molar-refractivity contribution in [3.05, 3.63) is 29.8 Å². The van der Waals surface area contributed by atoms with Crippen LogP contribution < -0.4 is 10.6 Å². The molecule has 0 bridgehead atoms. The van der Waals surface area contributed by atoms with Crippen molar-refractivity contribution in [2.45, 2.75) is 25.9 Å². The van der Waals surface area contributed by atoms with Crippen molar-refractivity contribution in [3.8, 4) is 0 Å². The summed E-state index contributed by atoms with van der Waals surface area (Å²) in [6.07, 6.45) is 3.71. The summed E-state index contributed by atoms with van der Waals surface area (Å²) >= 11 is 1.72. The van der Waals surface area contributed by atoms with Crippen LogP contribution in [0.2, 0.25) is 0 Å². The van der Waals surface area contributed by atoms with Gasteiger partial charge in [0.1, 0.15) is 0 Å². The van der Waals surface area contributed by atoms with Crippen LogP contribution in [-0.4, -0.2) is 43.6 Å². The van der Waals surface area contributed by atoms with E-state index < -0.39 is 11.8 Å². The molecular formula is C16H24N2O3S. The van der Waals surface area contributed by atoms with E-state index in [9.17, 15) is 9.59 Å². The molecule has 22 heavy (non-hydrogen) atoms. The normalized spacial score (nSPS) is 11.8. The third-order valence-corrected chi connectivity index (χ3v) is 3.94. The number of rotatable bonds is 8. The van der Waals surface area contributed by atoms with Crippen molar-refractivity contribution >= 4 is 29.3 Å². The Hall–Kier alpha value is -1.53. The maximum atomic E-state index is 11.8. The molecule has 0 radical (unpaired) electrons. The predicted octanol–water partition coefficient (Wildman–Crippen LogP) is 2.07. The lowest BCUT2D eigenvalue weighted by Gasteiger charge is -2.15. The Balaban J connectivity index is 2.42. The molecule has 5 nitrogen and oxygen atoms in total. The van der Waals surface area contributed by atoms with Crippen LogP contribution in [0.5, 0.6) is 0 Å². The van der Waals surface area contributed by atoms with Gasteiger partial charge in [-0.05, 0) is 42.5 Å². The van der Waals surface area contributed by atoms with Crippen molar-refractivity contribution in [2.75, 3.05) is 31.0 Å². The van der Waals surface area contributed by atoms with Crippen LogP contribution in [-0.2, 0) is 20.7 Å². The molecule has 122 valence electrons. The molecule has 0 saturated heterocycles. The minimum absolute atomic E-state index is 0.0759. The first-order valence-electron chi connectivity index (χ1n) is 7.30. The van der Waals surface area contributed by atoms with Crippen LogP contribution >= 0.6 is 11.8 Å². The minimum Gasteiger partial charge on any atom is -0.380 e. The molecule has 0 spiro atoms. The fourth-order valence-electron chi connectivity index (χ4n) is 1.85. The third kappa shape index (κ3) is 6.49. The molecule has 0 aliphatic heterocycles.